The van der Waals surface area contributed by atoms with Crippen molar-refractivity contribution in [3.63, 3.8) is 0 Å². The minimum Gasteiger partial charge on any atom is -0.366 e. The standard InChI is InChI=1S/C13H15N3O2/c1-15-10-7-8(12(14)17)4-5-9(10)13(18)16-6-2-3-11(15)16/h4-5,7,11H,2-3,6H2,1H3,(H2,14,17). The first kappa shape index (κ1) is 11.1. The molecule has 0 aromatic heterocycles. The normalized spacial score (nSPS) is 21.8. The van der Waals surface area contributed by atoms with E-state index in [0.29, 0.717) is 11.1 Å². The number of anilines is 1. The summed E-state index contributed by atoms with van der Waals surface area (Å²) in [6, 6.07) is 5.03. The number of nitrogens with two attached hydrogens (primary N) is 1. The summed E-state index contributed by atoms with van der Waals surface area (Å²) in [5, 5.41) is 0. The fourth-order valence-electron chi connectivity index (χ4n) is 2.86. The quantitative estimate of drug-likeness (QED) is 0.795. The molecule has 2 N–H and O–H groups in total. The Hall–Kier alpha value is -2.04. The molecule has 0 bridgehead atoms. The first-order valence-electron chi connectivity index (χ1n) is 6.07. The van der Waals surface area contributed by atoms with Gasteiger partial charge in [-0.25, -0.2) is 0 Å². The molecule has 0 saturated carbocycles. The molecule has 5 heteroatoms. The van der Waals surface area contributed by atoms with Crippen LogP contribution >= 0.6 is 0 Å². The summed E-state index contributed by atoms with van der Waals surface area (Å²) in [4.78, 5) is 27.5. The summed E-state index contributed by atoms with van der Waals surface area (Å²) in [5.74, 6) is -0.408. The van der Waals surface area contributed by atoms with Gasteiger partial charge in [0.05, 0.1) is 11.3 Å². The zero-order chi connectivity index (χ0) is 12.9. The molecule has 1 unspecified atom stereocenters. The Kier molecular flexibility index (Phi) is 2.29. The number of benzene rings is 1. The summed E-state index contributed by atoms with van der Waals surface area (Å²) in [7, 11) is 1.96. The lowest BCUT2D eigenvalue weighted by Gasteiger charge is -2.40. The largest absolute Gasteiger partial charge is 0.366 e. The van der Waals surface area contributed by atoms with Gasteiger partial charge in [-0.1, -0.05) is 0 Å². The Labute approximate surface area is 105 Å². The van der Waals surface area contributed by atoms with Crippen molar-refractivity contribution < 1.29 is 9.59 Å². The summed E-state index contributed by atoms with van der Waals surface area (Å²) in [6.45, 7) is 0.810. The molecule has 5 nitrogen and oxygen atoms in total. The molecule has 94 valence electrons. The van der Waals surface area contributed by atoms with Crippen LogP contribution in [0.4, 0.5) is 5.69 Å². The SMILES string of the molecule is CN1c2cc(C(N)=O)ccc2C(=O)N2CCCC21. The van der Waals surface area contributed by atoms with Gasteiger partial charge in [0.15, 0.2) is 0 Å². The highest BCUT2D eigenvalue weighted by Crippen LogP contribution is 2.35. The summed E-state index contributed by atoms with van der Waals surface area (Å²) < 4.78 is 0. The molecule has 18 heavy (non-hydrogen) atoms. The molecule has 0 aliphatic carbocycles. The van der Waals surface area contributed by atoms with E-state index in [0.717, 1.165) is 25.1 Å². The molecule has 2 heterocycles. The maximum absolute atomic E-state index is 12.3. The number of fused-ring (bicyclic) bond motifs is 2. The van der Waals surface area contributed by atoms with E-state index < -0.39 is 5.91 Å². The van der Waals surface area contributed by atoms with E-state index >= 15 is 0 Å². The van der Waals surface area contributed by atoms with Crippen molar-refractivity contribution in [2.75, 3.05) is 18.5 Å². The average molecular weight is 245 g/mol. The van der Waals surface area contributed by atoms with Gasteiger partial charge in [-0.3, -0.25) is 9.59 Å². The number of hydrogen-bond acceptors (Lipinski definition) is 3. The van der Waals surface area contributed by atoms with Crippen LogP contribution in [0.3, 0.4) is 0 Å². The third kappa shape index (κ3) is 1.40. The van der Waals surface area contributed by atoms with E-state index in [1.807, 2.05) is 11.9 Å². The number of carbonyl (C=O) groups is 2. The van der Waals surface area contributed by atoms with Gasteiger partial charge in [-0.15, -0.1) is 0 Å². The van der Waals surface area contributed by atoms with E-state index in [4.69, 9.17) is 5.73 Å². The first-order chi connectivity index (χ1) is 8.59. The topological polar surface area (TPSA) is 66.6 Å². The number of primary amides is 1. The Morgan fingerprint density at radius 3 is 2.94 bits per heavy atom. The maximum atomic E-state index is 12.3. The lowest BCUT2D eigenvalue weighted by Crippen LogP contribution is -2.50. The van der Waals surface area contributed by atoms with Crippen molar-refractivity contribution in [1.29, 1.82) is 0 Å². The van der Waals surface area contributed by atoms with E-state index in [1.165, 1.54) is 0 Å². The molecule has 3 rings (SSSR count). The van der Waals surface area contributed by atoms with E-state index in [1.54, 1.807) is 18.2 Å². The summed E-state index contributed by atoms with van der Waals surface area (Å²) in [6.07, 6.45) is 2.12. The van der Waals surface area contributed by atoms with Crippen molar-refractivity contribution in [3.8, 4) is 0 Å². The lowest BCUT2D eigenvalue weighted by molar-refractivity contribution is 0.0719. The molecule has 1 saturated heterocycles. The van der Waals surface area contributed by atoms with Crippen molar-refractivity contribution >= 4 is 17.5 Å². The van der Waals surface area contributed by atoms with Crippen molar-refractivity contribution in [3.05, 3.63) is 29.3 Å². The number of amides is 2. The maximum Gasteiger partial charge on any atom is 0.257 e. The van der Waals surface area contributed by atoms with E-state index in [2.05, 4.69) is 4.90 Å². The highest BCUT2D eigenvalue weighted by atomic mass is 16.2. The summed E-state index contributed by atoms with van der Waals surface area (Å²) in [5.41, 5.74) is 7.18. The Morgan fingerprint density at radius 2 is 2.22 bits per heavy atom. The minimum absolute atomic E-state index is 0.0571. The van der Waals surface area contributed by atoms with Crippen molar-refractivity contribution in [2.45, 2.75) is 19.0 Å². The fraction of sp³-hybridized carbons (Fsp3) is 0.385. The van der Waals surface area contributed by atoms with E-state index in [-0.39, 0.29) is 12.1 Å². The molecule has 0 radical (unpaired) electrons. The number of carbonyl (C=O) groups excluding carboxylic acids is 2. The van der Waals surface area contributed by atoms with Gasteiger partial charge < -0.3 is 15.5 Å². The van der Waals surface area contributed by atoms with Crippen molar-refractivity contribution in [1.82, 2.24) is 4.90 Å². The van der Waals surface area contributed by atoms with E-state index in [9.17, 15) is 9.59 Å². The van der Waals surface area contributed by atoms with Gasteiger partial charge in [-0.05, 0) is 31.0 Å². The predicted octanol–water partition coefficient (Wildman–Crippen LogP) is 0.797. The molecule has 1 atom stereocenters. The Morgan fingerprint density at radius 1 is 1.44 bits per heavy atom. The molecule has 1 fully saturated rings. The third-order valence-corrected chi connectivity index (χ3v) is 3.82. The first-order valence-corrected chi connectivity index (χ1v) is 6.07. The van der Waals surface area contributed by atoms with Gasteiger partial charge in [-0.2, -0.15) is 0 Å². The highest BCUT2D eigenvalue weighted by Gasteiger charge is 2.38. The number of nitrogens with zero attached hydrogens (tertiary/aromatic N) is 2. The Bertz CT molecular complexity index is 541. The van der Waals surface area contributed by atoms with Gasteiger partial charge >= 0.3 is 0 Å². The second-order valence-corrected chi connectivity index (χ2v) is 4.83. The molecular weight excluding hydrogens is 230 g/mol. The number of rotatable bonds is 1. The van der Waals surface area contributed by atoms with Gasteiger partial charge in [0, 0.05) is 19.2 Å². The van der Waals surface area contributed by atoms with Gasteiger partial charge in [0.2, 0.25) is 5.91 Å². The van der Waals surface area contributed by atoms with Crippen LogP contribution in [0.1, 0.15) is 33.6 Å². The summed E-state index contributed by atoms with van der Waals surface area (Å²) >= 11 is 0. The average Bonchev–Trinajstić information content (AvgIpc) is 2.84. The minimum atomic E-state index is -0.465. The van der Waals surface area contributed by atoms with Crippen LogP contribution in [0.15, 0.2) is 18.2 Å². The lowest BCUT2D eigenvalue weighted by atomic mass is 10.0. The van der Waals surface area contributed by atoms with Crippen LogP contribution in [0.5, 0.6) is 0 Å². The second-order valence-electron chi connectivity index (χ2n) is 4.83. The van der Waals surface area contributed by atoms with Crippen LogP contribution in [0, 0.1) is 0 Å². The van der Waals surface area contributed by atoms with Crippen LogP contribution in [0.25, 0.3) is 0 Å². The van der Waals surface area contributed by atoms with Crippen LogP contribution in [-0.2, 0) is 0 Å². The van der Waals surface area contributed by atoms with Crippen LogP contribution in [-0.4, -0.2) is 36.5 Å². The second kappa shape index (κ2) is 3.73. The van der Waals surface area contributed by atoms with Gasteiger partial charge in [0.25, 0.3) is 5.91 Å². The van der Waals surface area contributed by atoms with Crippen LogP contribution < -0.4 is 10.6 Å². The molecule has 2 aliphatic rings. The molecule has 2 amide bonds. The molecule has 1 aromatic rings. The highest BCUT2D eigenvalue weighted by molar-refractivity contribution is 6.04. The molecular formula is C13H15N3O2. The monoisotopic (exact) mass is 245 g/mol. The van der Waals surface area contributed by atoms with Crippen molar-refractivity contribution in [2.24, 2.45) is 5.73 Å². The zero-order valence-electron chi connectivity index (χ0n) is 10.2. The predicted molar refractivity (Wildman–Crippen MR) is 67.4 cm³/mol. The van der Waals surface area contributed by atoms with Gasteiger partial charge in [0.1, 0.15) is 6.17 Å². The Balaban J connectivity index is 2.12. The third-order valence-electron chi connectivity index (χ3n) is 3.82. The number of hydrogen-bond donors (Lipinski definition) is 1. The van der Waals surface area contributed by atoms with Crippen LogP contribution in [0.2, 0.25) is 0 Å². The zero-order valence-corrected chi connectivity index (χ0v) is 10.2. The molecule has 1 aromatic carbocycles. The molecule has 2 aliphatic heterocycles. The smallest absolute Gasteiger partial charge is 0.257 e. The molecule has 0 spiro atoms. The fourth-order valence-corrected chi connectivity index (χ4v) is 2.86.